The van der Waals surface area contributed by atoms with Crippen molar-refractivity contribution >= 4 is 46.4 Å². The number of phenols is 1. The van der Waals surface area contributed by atoms with Gasteiger partial charge in [0.25, 0.3) is 17.5 Å². The van der Waals surface area contributed by atoms with Crippen LogP contribution in [0.1, 0.15) is 29.7 Å². The Kier molecular flexibility index (Phi) is 11.0. The quantitative estimate of drug-likeness (QED) is 0.0892. The lowest BCUT2D eigenvalue weighted by Crippen LogP contribution is -2.42. The normalized spacial score (nSPS) is 14.5. The summed E-state index contributed by atoms with van der Waals surface area (Å²) in [5.74, 6) is -3.05. The molecule has 1 aliphatic rings. The molecule has 4 rings (SSSR count). The van der Waals surface area contributed by atoms with E-state index in [-0.39, 0.29) is 28.1 Å². The lowest BCUT2D eigenvalue weighted by molar-refractivity contribution is -0.385. The van der Waals surface area contributed by atoms with Gasteiger partial charge in [-0.2, -0.15) is 4.99 Å². The molecule has 1 aliphatic heterocycles. The smallest absolute Gasteiger partial charge is 0.285 e. The predicted molar refractivity (Wildman–Crippen MR) is 177 cm³/mol. The number of hydrogen-bond donors (Lipinski definition) is 2. The van der Waals surface area contributed by atoms with E-state index >= 15 is 0 Å². The fraction of sp³-hybridized carbons (Fsp3) is 0.118. The monoisotopic (exact) mass is 638 g/mol. The average Bonchev–Trinajstić information content (AvgIpc) is 3.07. The number of nitro benzene ring substituents is 1. The van der Waals surface area contributed by atoms with Crippen molar-refractivity contribution in [3.05, 3.63) is 142 Å². The molecule has 3 aromatic carbocycles. The molecule has 0 fully saturated rings. The number of carbonyl (C=O) groups excluding carboxylic acids is 3. The van der Waals surface area contributed by atoms with Crippen molar-refractivity contribution in [2.45, 2.75) is 13.0 Å². The first-order chi connectivity index (χ1) is 22.2. The standard InChI is InChI=1S/C34H30N4O7S/c1-4-6-17-25(5-2)37-33(42)27(19-24-18-26(38(43)44)20-28(45-3)31(24)40)32(41)36-34(37)46-21-29(39)35-30(22-13-9-7-10-14-22)23-15-11-8-12-16-23/h4-20,30,40H,1,21H2,2-3H3,(H,35,39)/b17-6-,25-5+,27-19+. The summed E-state index contributed by atoms with van der Waals surface area (Å²) in [5, 5.41) is 25.1. The summed E-state index contributed by atoms with van der Waals surface area (Å²) in [5.41, 5.74) is 0.983. The number of allylic oxidation sites excluding steroid dienone is 4. The first kappa shape index (κ1) is 33.1. The number of amides is 3. The largest absolute Gasteiger partial charge is 0.504 e. The van der Waals surface area contributed by atoms with E-state index in [1.807, 2.05) is 60.7 Å². The highest BCUT2D eigenvalue weighted by Gasteiger charge is 2.35. The van der Waals surface area contributed by atoms with Crippen LogP contribution in [0.5, 0.6) is 11.5 Å². The third-order valence-corrected chi connectivity index (χ3v) is 7.67. The molecule has 1 heterocycles. The molecule has 2 N–H and O–H groups in total. The van der Waals surface area contributed by atoms with Gasteiger partial charge in [-0.15, -0.1) is 0 Å². The van der Waals surface area contributed by atoms with Crippen molar-refractivity contribution in [1.29, 1.82) is 0 Å². The molecule has 0 aromatic heterocycles. The number of hydrogen-bond acceptors (Lipinski definition) is 8. The molecule has 0 unspecified atom stereocenters. The maximum absolute atomic E-state index is 13.9. The van der Waals surface area contributed by atoms with Gasteiger partial charge < -0.3 is 15.2 Å². The fourth-order valence-electron chi connectivity index (χ4n) is 4.53. The van der Waals surface area contributed by atoms with Crippen LogP contribution in [0.25, 0.3) is 6.08 Å². The van der Waals surface area contributed by atoms with E-state index in [9.17, 15) is 29.6 Å². The lowest BCUT2D eigenvalue weighted by atomic mass is 9.99. The second-order valence-corrected chi connectivity index (χ2v) is 10.6. The number of thioether (sulfide) groups is 1. The predicted octanol–water partition coefficient (Wildman–Crippen LogP) is 5.70. The maximum Gasteiger partial charge on any atom is 0.285 e. The summed E-state index contributed by atoms with van der Waals surface area (Å²) >= 11 is 0.890. The number of benzene rings is 3. The zero-order chi connectivity index (χ0) is 33.2. The van der Waals surface area contributed by atoms with Crippen molar-refractivity contribution in [3.8, 4) is 11.5 Å². The van der Waals surface area contributed by atoms with Crippen molar-refractivity contribution < 1.29 is 29.2 Å². The van der Waals surface area contributed by atoms with Gasteiger partial charge >= 0.3 is 0 Å². The van der Waals surface area contributed by atoms with E-state index in [0.717, 1.165) is 46.0 Å². The van der Waals surface area contributed by atoms with Crippen LogP contribution >= 0.6 is 11.8 Å². The second-order valence-electron chi connectivity index (χ2n) is 9.66. The molecule has 234 valence electrons. The minimum Gasteiger partial charge on any atom is -0.504 e. The number of nitro groups is 1. The summed E-state index contributed by atoms with van der Waals surface area (Å²) in [6.07, 6.45) is 7.28. The zero-order valence-corrected chi connectivity index (χ0v) is 25.8. The number of amidine groups is 1. The van der Waals surface area contributed by atoms with E-state index in [4.69, 9.17) is 4.74 Å². The zero-order valence-electron chi connectivity index (χ0n) is 25.0. The van der Waals surface area contributed by atoms with Gasteiger partial charge in [-0.25, -0.2) is 0 Å². The van der Waals surface area contributed by atoms with Crippen molar-refractivity contribution in [1.82, 2.24) is 10.2 Å². The molecule has 0 radical (unpaired) electrons. The van der Waals surface area contributed by atoms with Crippen molar-refractivity contribution in [3.63, 3.8) is 0 Å². The van der Waals surface area contributed by atoms with Gasteiger partial charge in [0.1, 0.15) is 5.57 Å². The van der Waals surface area contributed by atoms with Gasteiger partial charge in [0.2, 0.25) is 5.91 Å². The number of ether oxygens (including phenoxy) is 1. The Morgan fingerprint density at radius 2 is 1.76 bits per heavy atom. The number of phenolic OH excluding ortho intramolecular Hbond substituents is 1. The summed E-state index contributed by atoms with van der Waals surface area (Å²) in [6, 6.07) is 20.5. The fourth-order valence-corrected chi connectivity index (χ4v) is 5.34. The van der Waals surface area contributed by atoms with Crippen LogP contribution in [0.2, 0.25) is 0 Å². The molecule has 11 nitrogen and oxygen atoms in total. The number of methoxy groups -OCH3 is 1. The number of nitrogens with one attached hydrogen (secondary N) is 1. The van der Waals surface area contributed by atoms with Crippen LogP contribution in [0.15, 0.2) is 120 Å². The van der Waals surface area contributed by atoms with E-state index in [1.54, 1.807) is 25.2 Å². The minimum absolute atomic E-state index is 0.0547. The van der Waals surface area contributed by atoms with Gasteiger partial charge in [0, 0.05) is 17.3 Å². The average molecular weight is 639 g/mol. The van der Waals surface area contributed by atoms with Crippen molar-refractivity contribution in [2.24, 2.45) is 4.99 Å². The van der Waals surface area contributed by atoms with Crippen LogP contribution in [0.3, 0.4) is 0 Å². The molecule has 0 spiro atoms. The molecule has 0 bridgehead atoms. The third kappa shape index (κ3) is 7.66. The Morgan fingerprint density at radius 3 is 2.30 bits per heavy atom. The number of non-ortho nitro benzene ring substituents is 1. The summed E-state index contributed by atoms with van der Waals surface area (Å²) < 4.78 is 5.04. The number of carbonyl (C=O) groups is 3. The molecule has 3 amide bonds. The van der Waals surface area contributed by atoms with Crippen LogP contribution in [0.4, 0.5) is 5.69 Å². The molecule has 12 heteroatoms. The molecular weight excluding hydrogens is 608 g/mol. The molecule has 0 atom stereocenters. The van der Waals surface area contributed by atoms with E-state index in [1.165, 1.54) is 13.2 Å². The SMILES string of the molecule is C=C/C=C\C(=C/C)N1C(=O)/C(=C/c2cc([N+](=O)[O-])cc(OC)c2O)C(=O)N=C1SCC(=O)NC(c1ccccc1)c1ccccc1. The Labute approximate surface area is 269 Å². The molecule has 0 saturated heterocycles. The van der Waals surface area contributed by atoms with Gasteiger partial charge in [-0.05, 0) is 30.2 Å². The van der Waals surface area contributed by atoms with E-state index < -0.39 is 39.8 Å². The molecular formula is C34H30N4O7S. The van der Waals surface area contributed by atoms with E-state index in [0.29, 0.717) is 5.70 Å². The maximum atomic E-state index is 13.9. The minimum atomic E-state index is -0.955. The highest BCUT2D eigenvalue weighted by Crippen LogP contribution is 2.37. The summed E-state index contributed by atoms with van der Waals surface area (Å²) in [4.78, 5) is 56.5. The Bertz CT molecular complexity index is 1740. The second kappa shape index (κ2) is 15.3. The third-order valence-electron chi connectivity index (χ3n) is 6.73. The lowest BCUT2D eigenvalue weighted by Gasteiger charge is -2.28. The topological polar surface area (TPSA) is 151 Å². The Morgan fingerprint density at radius 1 is 1.13 bits per heavy atom. The first-order valence-electron chi connectivity index (χ1n) is 13.9. The summed E-state index contributed by atoms with van der Waals surface area (Å²) in [7, 11) is 1.21. The highest BCUT2D eigenvalue weighted by atomic mass is 32.2. The van der Waals surface area contributed by atoms with Crippen molar-refractivity contribution in [2.75, 3.05) is 12.9 Å². The van der Waals surface area contributed by atoms with Gasteiger partial charge in [0.05, 0.1) is 29.9 Å². The number of nitrogens with zero attached hydrogens (tertiary/aromatic N) is 3. The Hall–Kier alpha value is -5.75. The highest BCUT2D eigenvalue weighted by molar-refractivity contribution is 8.14. The number of aromatic hydroxyl groups is 1. The molecule has 46 heavy (non-hydrogen) atoms. The van der Waals surface area contributed by atoms with Gasteiger partial charge in [-0.1, -0.05) is 97.2 Å². The van der Waals surface area contributed by atoms with Gasteiger partial charge in [-0.3, -0.25) is 29.4 Å². The molecule has 3 aromatic rings. The van der Waals surface area contributed by atoms with Crippen LogP contribution in [0, 0.1) is 10.1 Å². The summed E-state index contributed by atoms with van der Waals surface area (Å²) in [6.45, 7) is 5.33. The number of rotatable bonds is 11. The first-order valence-corrected chi connectivity index (χ1v) is 14.9. The Balaban J connectivity index is 1.68. The molecule has 0 saturated carbocycles. The van der Waals surface area contributed by atoms with Crippen LogP contribution < -0.4 is 10.1 Å². The van der Waals surface area contributed by atoms with Crippen LogP contribution in [-0.4, -0.2) is 50.7 Å². The van der Waals surface area contributed by atoms with Gasteiger partial charge in [0.15, 0.2) is 16.7 Å². The van der Waals surface area contributed by atoms with Crippen LogP contribution in [-0.2, 0) is 14.4 Å². The molecule has 0 aliphatic carbocycles. The number of aliphatic imine (C=N–C) groups is 1. The van der Waals surface area contributed by atoms with E-state index in [2.05, 4.69) is 16.9 Å².